The van der Waals surface area contributed by atoms with E-state index in [2.05, 4.69) is 20.1 Å². The minimum absolute atomic E-state index is 0.318. The van der Waals surface area contributed by atoms with E-state index >= 15 is 0 Å². The largest absolute Gasteiger partial charge is 0.382 e. The molecule has 100 valence electrons. The molecule has 0 amide bonds. The molecule has 2 heterocycles. The first-order chi connectivity index (χ1) is 9.34. The van der Waals surface area contributed by atoms with Gasteiger partial charge in [-0.15, -0.1) is 0 Å². The predicted molar refractivity (Wildman–Crippen MR) is 70.2 cm³/mol. The Morgan fingerprint density at radius 1 is 1.05 bits per heavy atom. The molecule has 3 rings (SSSR count). The van der Waals surface area contributed by atoms with E-state index < -0.39 is 0 Å². The average molecular weight is 259 g/mol. The summed E-state index contributed by atoms with van der Waals surface area (Å²) in [7, 11) is 0. The number of nitrogens with zero attached hydrogens (tertiary/aromatic N) is 4. The van der Waals surface area contributed by atoms with Gasteiger partial charge in [0.05, 0.1) is 0 Å². The van der Waals surface area contributed by atoms with Crippen molar-refractivity contribution in [2.45, 2.75) is 44.4 Å². The predicted octanol–water partition coefficient (Wildman–Crippen LogP) is 2.55. The molecule has 0 spiro atoms. The van der Waals surface area contributed by atoms with Gasteiger partial charge in [0.15, 0.2) is 17.3 Å². The lowest BCUT2D eigenvalue weighted by Gasteiger charge is -2.07. The second-order valence-corrected chi connectivity index (χ2v) is 4.94. The quantitative estimate of drug-likeness (QED) is 0.833. The third-order valence-corrected chi connectivity index (χ3v) is 3.59. The maximum atomic E-state index is 5.76. The van der Waals surface area contributed by atoms with Crippen molar-refractivity contribution in [1.29, 1.82) is 0 Å². The fourth-order valence-corrected chi connectivity index (χ4v) is 2.55. The topological polar surface area (TPSA) is 90.7 Å². The van der Waals surface area contributed by atoms with Crippen LogP contribution >= 0.6 is 0 Å². The van der Waals surface area contributed by atoms with Gasteiger partial charge < -0.3 is 10.3 Å². The standard InChI is InChI=1S/C13H17N5O/c14-11-10(15-7-8-16-11)13-17-12(18-19-13)9-5-3-1-2-4-6-9/h7-9H,1-6H2,(H2,14,16). The van der Waals surface area contributed by atoms with Gasteiger partial charge in [-0.25, -0.2) is 9.97 Å². The van der Waals surface area contributed by atoms with Crippen molar-refractivity contribution in [3.63, 3.8) is 0 Å². The zero-order valence-corrected chi connectivity index (χ0v) is 10.7. The molecule has 1 aliphatic carbocycles. The highest BCUT2D eigenvalue weighted by molar-refractivity contribution is 5.61. The van der Waals surface area contributed by atoms with E-state index in [1.54, 1.807) is 12.4 Å². The summed E-state index contributed by atoms with van der Waals surface area (Å²) < 4.78 is 5.28. The van der Waals surface area contributed by atoms with Crippen LogP contribution in [0.25, 0.3) is 11.6 Å². The molecule has 0 atom stereocenters. The van der Waals surface area contributed by atoms with E-state index in [1.165, 1.54) is 25.7 Å². The molecule has 0 aromatic carbocycles. The zero-order chi connectivity index (χ0) is 13.1. The number of nitrogen functional groups attached to an aromatic ring is 1. The Morgan fingerprint density at radius 3 is 2.53 bits per heavy atom. The second-order valence-electron chi connectivity index (χ2n) is 4.94. The van der Waals surface area contributed by atoms with Gasteiger partial charge in [0, 0.05) is 18.3 Å². The summed E-state index contributed by atoms with van der Waals surface area (Å²) in [6.45, 7) is 0. The van der Waals surface area contributed by atoms with Gasteiger partial charge in [0.2, 0.25) is 0 Å². The summed E-state index contributed by atoms with van der Waals surface area (Å²) in [6, 6.07) is 0. The summed E-state index contributed by atoms with van der Waals surface area (Å²) in [4.78, 5) is 12.6. The van der Waals surface area contributed by atoms with Crippen molar-refractivity contribution in [1.82, 2.24) is 20.1 Å². The highest BCUT2D eigenvalue weighted by Gasteiger charge is 2.21. The minimum atomic E-state index is 0.318. The van der Waals surface area contributed by atoms with Crippen LogP contribution in [0.4, 0.5) is 5.82 Å². The average Bonchev–Trinajstić information content (AvgIpc) is 2.75. The van der Waals surface area contributed by atoms with Gasteiger partial charge >= 0.3 is 0 Å². The smallest absolute Gasteiger partial charge is 0.280 e. The van der Waals surface area contributed by atoms with Crippen LogP contribution in [0.5, 0.6) is 0 Å². The van der Waals surface area contributed by atoms with Crippen LogP contribution in [-0.4, -0.2) is 20.1 Å². The molecule has 1 saturated carbocycles. The lowest BCUT2D eigenvalue weighted by atomic mass is 10.00. The normalized spacial score (nSPS) is 17.3. The van der Waals surface area contributed by atoms with Crippen molar-refractivity contribution >= 4 is 5.82 Å². The minimum Gasteiger partial charge on any atom is -0.382 e. The van der Waals surface area contributed by atoms with E-state index in [0.717, 1.165) is 18.7 Å². The molecule has 6 heteroatoms. The van der Waals surface area contributed by atoms with E-state index in [4.69, 9.17) is 10.3 Å². The summed E-state index contributed by atoms with van der Waals surface area (Å²) >= 11 is 0. The Kier molecular flexibility index (Phi) is 3.39. The molecule has 0 saturated heterocycles. The number of hydrogen-bond donors (Lipinski definition) is 1. The maximum Gasteiger partial charge on any atom is 0.280 e. The SMILES string of the molecule is Nc1nccnc1-c1nc(C2CCCCCC2)no1. The van der Waals surface area contributed by atoms with E-state index in [-0.39, 0.29) is 0 Å². The Hall–Kier alpha value is -1.98. The zero-order valence-electron chi connectivity index (χ0n) is 10.7. The number of anilines is 1. The molecule has 1 aliphatic rings. The summed E-state index contributed by atoms with van der Waals surface area (Å²) in [5.41, 5.74) is 6.23. The van der Waals surface area contributed by atoms with Gasteiger partial charge in [0.1, 0.15) is 0 Å². The molecule has 19 heavy (non-hydrogen) atoms. The number of hydrogen-bond acceptors (Lipinski definition) is 6. The highest BCUT2D eigenvalue weighted by atomic mass is 16.5. The Labute approximate surface area is 111 Å². The highest BCUT2D eigenvalue weighted by Crippen LogP contribution is 2.31. The van der Waals surface area contributed by atoms with E-state index in [1.807, 2.05) is 0 Å². The van der Waals surface area contributed by atoms with Crippen LogP contribution in [0.15, 0.2) is 16.9 Å². The first-order valence-electron chi connectivity index (χ1n) is 6.75. The second kappa shape index (κ2) is 5.34. The summed E-state index contributed by atoms with van der Waals surface area (Å²) in [5.74, 6) is 1.86. The Balaban J connectivity index is 1.85. The first kappa shape index (κ1) is 12.1. The number of aromatic nitrogens is 4. The van der Waals surface area contributed by atoms with Crippen molar-refractivity contribution in [3.05, 3.63) is 18.2 Å². The molecule has 6 nitrogen and oxygen atoms in total. The molecule has 2 N–H and O–H groups in total. The van der Waals surface area contributed by atoms with Crippen molar-refractivity contribution in [3.8, 4) is 11.6 Å². The van der Waals surface area contributed by atoms with Crippen molar-refractivity contribution in [2.75, 3.05) is 5.73 Å². The van der Waals surface area contributed by atoms with Crippen LogP contribution < -0.4 is 5.73 Å². The van der Waals surface area contributed by atoms with Crippen molar-refractivity contribution in [2.24, 2.45) is 0 Å². The maximum absolute atomic E-state index is 5.76. The van der Waals surface area contributed by atoms with Gasteiger partial charge in [0.25, 0.3) is 5.89 Å². The van der Waals surface area contributed by atoms with Crippen molar-refractivity contribution < 1.29 is 4.52 Å². The molecule has 2 aromatic heterocycles. The molecule has 2 aromatic rings. The molecule has 1 fully saturated rings. The summed E-state index contributed by atoms with van der Waals surface area (Å²) in [6.07, 6.45) is 10.5. The van der Waals surface area contributed by atoms with Crippen LogP contribution in [0.2, 0.25) is 0 Å². The Bertz CT molecular complexity index is 545. The van der Waals surface area contributed by atoms with E-state index in [9.17, 15) is 0 Å². The first-order valence-corrected chi connectivity index (χ1v) is 6.75. The summed E-state index contributed by atoms with van der Waals surface area (Å²) in [5, 5.41) is 4.09. The molecular weight excluding hydrogens is 242 g/mol. The Morgan fingerprint density at radius 2 is 1.79 bits per heavy atom. The number of rotatable bonds is 2. The fourth-order valence-electron chi connectivity index (χ4n) is 2.55. The van der Waals surface area contributed by atoms with Gasteiger partial charge in [-0.05, 0) is 12.8 Å². The van der Waals surface area contributed by atoms with Gasteiger partial charge in [-0.2, -0.15) is 4.98 Å². The lowest BCUT2D eigenvalue weighted by molar-refractivity contribution is 0.409. The molecule has 0 radical (unpaired) electrons. The molecule has 0 aliphatic heterocycles. The molecule has 0 unspecified atom stereocenters. The van der Waals surface area contributed by atoms with E-state index in [0.29, 0.717) is 23.3 Å². The van der Waals surface area contributed by atoms with Crippen LogP contribution in [0, 0.1) is 0 Å². The fraction of sp³-hybridized carbons (Fsp3) is 0.538. The van der Waals surface area contributed by atoms with Crippen LogP contribution in [0.1, 0.15) is 50.3 Å². The lowest BCUT2D eigenvalue weighted by Crippen LogP contribution is -2.00. The van der Waals surface area contributed by atoms with Crippen LogP contribution in [-0.2, 0) is 0 Å². The molecule has 0 bridgehead atoms. The third kappa shape index (κ3) is 2.57. The molecular formula is C13H17N5O. The number of nitrogens with two attached hydrogens (primary N) is 1. The monoisotopic (exact) mass is 259 g/mol. The third-order valence-electron chi connectivity index (χ3n) is 3.59. The van der Waals surface area contributed by atoms with Crippen LogP contribution in [0.3, 0.4) is 0 Å². The van der Waals surface area contributed by atoms with Gasteiger partial charge in [-0.1, -0.05) is 30.8 Å². The van der Waals surface area contributed by atoms with Gasteiger partial charge in [-0.3, -0.25) is 0 Å².